The standard InChI is InChI=1S/C13H16BrNO3/c1-18-10-2-3-11(14)9(6-10)7-13(12(16)17)4-5-15-8-13/h2-3,6,15H,4-5,7-8H2,1H3,(H,16,17). The van der Waals surface area contributed by atoms with Gasteiger partial charge in [-0.3, -0.25) is 4.79 Å². The zero-order valence-electron chi connectivity index (χ0n) is 10.2. The summed E-state index contributed by atoms with van der Waals surface area (Å²) in [4.78, 5) is 11.5. The number of carboxylic acids is 1. The summed E-state index contributed by atoms with van der Waals surface area (Å²) in [5.41, 5.74) is 0.273. The van der Waals surface area contributed by atoms with E-state index < -0.39 is 11.4 Å². The smallest absolute Gasteiger partial charge is 0.311 e. The first kappa shape index (κ1) is 13.4. The molecule has 1 aliphatic rings. The van der Waals surface area contributed by atoms with Crippen molar-refractivity contribution >= 4 is 21.9 Å². The SMILES string of the molecule is COc1ccc(Br)c(CC2(C(=O)O)CCNC2)c1. The van der Waals surface area contributed by atoms with Crippen molar-refractivity contribution in [2.24, 2.45) is 5.41 Å². The van der Waals surface area contributed by atoms with Crippen molar-refractivity contribution in [2.45, 2.75) is 12.8 Å². The van der Waals surface area contributed by atoms with E-state index in [1.165, 1.54) is 0 Å². The maximum Gasteiger partial charge on any atom is 0.311 e. The van der Waals surface area contributed by atoms with Crippen LogP contribution in [0, 0.1) is 5.41 Å². The van der Waals surface area contributed by atoms with Crippen LogP contribution in [0.2, 0.25) is 0 Å². The van der Waals surface area contributed by atoms with Crippen LogP contribution in [0.4, 0.5) is 0 Å². The molecule has 0 radical (unpaired) electrons. The largest absolute Gasteiger partial charge is 0.497 e. The average Bonchev–Trinajstić information content (AvgIpc) is 2.82. The van der Waals surface area contributed by atoms with E-state index in [0.29, 0.717) is 19.4 Å². The number of rotatable bonds is 4. The number of aliphatic carboxylic acids is 1. The van der Waals surface area contributed by atoms with Crippen molar-refractivity contribution in [2.75, 3.05) is 20.2 Å². The number of hydrogen-bond donors (Lipinski definition) is 2. The highest BCUT2D eigenvalue weighted by molar-refractivity contribution is 9.10. The molecule has 0 amide bonds. The van der Waals surface area contributed by atoms with Gasteiger partial charge in [0, 0.05) is 11.0 Å². The summed E-state index contributed by atoms with van der Waals surface area (Å²) in [5, 5.41) is 12.6. The van der Waals surface area contributed by atoms with Gasteiger partial charge in [0.1, 0.15) is 5.75 Å². The quantitative estimate of drug-likeness (QED) is 0.893. The highest BCUT2D eigenvalue weighted by Gasteiger charge is 2.41. The molecular formula is C13H16BrNO3. The number of ether oxygens (including phenoxy) is 1. The van der Waals surface area contributed by atoms with Crippen LogP contribution < -0.4 is 10.1 Å². The van der Waals surface area contributed by atoms with Gasteiger partial charge in [0.15, 0.2) is 0 Å². The van der Waals surface area contributed by atoms with Crippen LogP contribution >= 0.6 is 15.9 Å². The third-order valence-electron chi connectivity index (χ3n) is 3.48. The Morgan fingerprint density at radius 2 is 2.39 bits per heavy atom. The number of hydrogen-bond acceptors (Lipinski definition) is 3. The van der Waals surface area contributed by atoms with E-state index in [-0.39, 0.29) is 0 Å². The summed E-state index contributed by atoms with van der Waals surface area (Å²) >= 11 is 3.47. The molecule has 2 rings (SSSR count). The van der Waals surface area contributed by atoms with E-state index in [0.717, 1.165) is 22.3 Å². The van der Waals surface area contributed by atoms with Gasteiger partial charge in [-0.25, -0.2) is 0 Å². The predicted molar refractivity (Wildman–Crippen MR) is 72.0 cm³/mol. The van der Waals surface area contributed by atoms with Crippen LogP contribution in [-0.4, -0.2) is 31.3 Å². The van der Waals surface area contributed by atoms with Gasteiger partial charge in [-0.05, 0) is 43.1 Å². The second kappa shape index (κ2) is 5.28. The summed E-state index contributed by atoms with van der Waals surface area (Å²) in [5.74, 6) is 0.0157. The highest BCUT2D eigenvalue weighted by atomic mass is 79.9. The molecule has 5 heteroatoms. The lowest BCUT2D eigenvalue weighted by Gasteiger charge is -2.23. The molecule has 1 unspecified atom stereocenters. The van der Waals surface area contributed by atoms with Gasteiger partial charge in [0.2, 0.25) is 0 Å². The van der Waals surface area contributed by atoms with Crippen molar-refractivity contribution in [3.05, 3.63) is 28.2 Å². The maximum atomic E-state index is 11.5. The first-order valence-corrected chi connectivity index (χ1v) is 6.63. The molecule has 0 aromatic heterocycles. The van der Waals surface area contributed by atoms with Gasteiger partial charge in [0.25, 0.3) is 0 Å². The van der Waals surface area contributed by atoms with Crippen molar-refractivity contribution in [1.82, 2.24) is 5.32 Å². The first-order chi connectivity index (χ1) is 8.57. The van der Waals surface area contributed by atoms with E-state index in [4.69, 9.17) is 4.74 Å². The molecule has 1 atom stereocenters. The monoisotopic (exact) mass is 313 g/mol. The van der Waals surface area contributed by atoms with Crippen LogP contribution in [0.1, 0.15) is 12.0 Å². The lowest BCUT2D eigenvalue weighted by molar-refractivity contribution is -0.147. The second-order valence-corrected chi connectivity index (χ2v) is 5.50. The van der Waals surface area contributed by atoms with Gasteiger partial charge in [0.05, 0.1) is 12.5 Å². The van der Waals surface area contributed by atoms with E-state index in [1.807, 2.05) is 18.2 Å². The molecule has 1 aliphatic heterocycles. The molecule has 4 nitrogen and oxygen atoms in total. The lowest BCUT2D eigenvalue weighted by atomic mass is 9.81. The number of carbonyl (C=O) groups is 1. The third-order valence-corrected chi connectivity index (χ3v) is 4.25. The Balaban J connectivity index is 2.29. The molecule has 1 aromatic carbocycles. The molecule has 1 heterocycles. The Morgan fingerprint density at radius 1 is 1.61 bits per heavy atom. The molecule has 0 spiro atoms. The van der Waals surface area contributed by atoms with Crippen LogP contribution in [0.3, 0.4) is 0 Å². The minimum absolute atomic E-state index is 0.507. The molecule has 0 saturated carbocycles. The van der Waals surface area contributed by atoms with E-state index in [2.05, 4.69) is 21.2 Å². The Kier molecular flexibility index (Phi) is 3.92. The zero-order valence-corrected chi connectivity index (χ0v) is 11.8. The Labute approximate surface area is 114 Å². The molecule has 98 valence electrons. The fourth-order valence-corrected chi connectivity index (χ4v) is 2.72. The topological polar surface area (TPSA) is 58.6 Å². The number of carboxylic acid groups (broad SMARTS) is 1. The summed E-state index contributed by atoms with van der Waals surface area (Å²) in [6.45, 7) is 1.28. The van der Waals surface area contributed by atoms with Crippen LogP contribution in [0.25, 0.3) is 0 Å². The molecule has 18 heavy (non-hydrogen) atoms. The van der Waals surface area contributed by atoms with Gasteiger partial charge in [-0.15, -0.1) is 0 Å². The molecular weight excluding hydrogens is 298 g/mol. The number of halogens is 1. The van der Waals surface area contributed by atoms with E-state index >= 15 is 0 Å². The number of benzene rings is 1. The summed E-state index contributed by atoms with van der Waals surface area (Å²) in [6, 6.07) is 5.65. The van der Waals surface area contributed by atoms with Gasteiger partial charge in [-0.1, -0.05) is 15.9 Å². The first-order valence-electron chi connectivity index (χ1n) is 5.84. The summed E-state index contributed by atoms with van der Waals surface area (Å²) < 4.78 is 6.11. The number of nitrogens with one attached hydrogen (secondary N) is 1. The van der Waals surface area contributed by atoms with Crippen molar-refractivity contribution in [1.29, 1.82) is 0 Å². The Bertz CT molecular complexity index is 456. The molecule has 1 saturated heterocycles. The number of methoxy groups -OCH3 is 1. The molecule has 1 fully saturated rings. The van der Waals surface area contributed by atoms with Crippen LogP contribution in [-0.2, 0) is 11.2 Å². The third kappa shape index (κ3) is 2.52. The van der Waals surface area contributed by atoms with E-state index in [9.17, 15) is 9.90 Å². The summed E-state index contributed by atoms with van der Waals surface area (Å²) in [7, 11) is 1.61. The zero-order chi connectivity index (χ0) is 13.2. The summed E-state index contributed by atoms with van der Waals surface area (Å²) in [6.07, 6.45) is 1.17. The molecule has 2 N–H and O–H groups in total. The molecule has 0 bridgehead atoms. The predicted octanol–water partition coefficient (Wildman–Crippen LogP) is 2.06. The minimum atomic E-state index is -0.734. The second-order valence-electron chi connectivity index (χ2n) is 4.65. The van der Waals surface area contributed by atoms with Crippen LogP contribution in [0.5, 0.6) is 5.75 Å². The molecule has 1 aromatic rings. The highest BCUT2D eigenvalue weighted by Crippen LogP contribution is 2.34. The normalized spacial score (nSPS) is 23.0. The Hall–Kier alpha value is -1.07. The van der Waals surface area contributed by atoms with Crippen molar-refractivity contribution in [3.63, 3.8) is 0 Å². The minimum Gasteiger partial charge on any atom is -0.497 e. The van der Waals surface area contributed by atoms with Crippen molar-refractivity contribution in [3.8, 4) is 5.75 Å². The fourth-order valence-electron chi connectivity index (χ4n) is 2.33. The average molecular weight is 314 g/mol. The maximum absolute atomic E-state index is 11.5. The van der Waals surface area contributed by atoms with Crippen molar-refractivity contribution < 1.29 is 14.6 Å². The van der Waals surface area contributed by atoms with Gasteiger partial charge >= 0.3 is 5.97 Å². The molecule has 0 aliphatic carbocycles. The lowest BCUT2D eigenvalue weighted by Crippen LogP contribution is -2.35. The fraction of sp³-hybridized carbons (Fsp3) is 0.462. The van der Waals surface area contributed by atoms with Gasteiger partial charge in [-0.2, -0.15) is 0 Å². The van der Waals surface area contributed by atoms with E-state index in [1.54, 1.807) is 7.11 Å². The Morgan fingerprint density at radius 3 is 2.94 bits per heavy atom. The van der Waals surface area contributed by atoms with Crippen LogP contribution in [0.15, 0.2) is 22.7 Å². The van der Waals surface area contributed by atoms with Gasteiger partial charge < -0.3 is 15.2 Å².